The number of hydrogen-bond acceptors (Lipinski definition) is 7. The van der Waals surface area contributed by atoms with Crippen LogP contribution in [-0.2, 0) is 24.3 Å². The normalized spacial score (nSPS) is 26.9. The van der Waals surface area contributed by atoms with Gasteiger partial charge in [-0.1, -0.05) is 0 Å². The lowest BCUT2D eigenvalue weighted by atomic mass is 10.0. The fourth-order valence-electron chi connectivity index (χ4n) is 2.86. The molecule has 1 aromatic rings. The van der Waals surface area contributed by atoms with E-state index in [4.69, 9.17) is 23.8 Å². The molecule has 4 N–H and O–H groups in total. The van der Waals surface area contributed by atoms with Crippen LogP contribution >= 0.6 is 7.82 Å². The molecule has 3 atom stereocenters. The van der Waals surface area contributed by atoms with Gasteiger partial charge in [-0.05, 0) is 6.92 Å². The molecule has 0 unspecified atom stereocenters. The van der Waals surface area contributed by atoms with Crippen molar-refractivity contribution in [1.29, 1.82) is 0 Å². The van der Waals surface area contributed by atoms with Gasteiger partial charge >= 0.3 is 13.5 Å². The molecule has 0 aromatic carbocycles. The number of aliphatic hydroxyl groups excluding tert-OH is 1. The maximum Gasteiger partial charge on any atom is 0.469 e. The van der Waals surface area contributed by atoms with Gasteiger partial charge < -0.3 is 24.4 Å². The summed E-state index contributed by atoms with van der Waals surface area (Å²) in [6.45, 7) is 1.09. The average Bonchev–Trinajstić information content (AvgIpc) is 2.85. The predicted octanol–water partition coefficient (Wildman–Crippen LogP) is -1.21. The predicted molar refractivity (Wildman–Crippen MR) is 84.0 cm³/mol. The van der Waals surface area contributed by atoms with E-state index < -0.39 is 43.6 Å². The van der Waals surface area contributed by atoms with Crippen LogP contribution in [0.3, 0.4) is 0 Å². The van der Waals surface area contributed by atoms with Crippen molar-refractivity contribution in [2.45, 2.75) is 37.7 Å². The maximum atomic E-state index is 12.3. The van der Waals surface area contributed by atoms with Gasteiger partial charge in [-0.25, -0.2) is 9.36 Å². The number of ether oxygens (including phenoxy) is 2. The highest BCUT2D eigenvalue weighted by Crippen LogP contribution is 2.46. The molecule has 12 heteroatoms. The van der Waals surface area contributed by atoms with Gasteiger partial charge in [-0.3, -0.25) is 18.9 Å². The van der Waals surface area contributed by atoms with Crippen molar-refractivity contribution in [2.75, 3.05) is 20.3 Å². The van der Waals surface area contributed by atoms with E-state index in [1.807, 2.05) is 0 Å². The number of aromatic amines is 1. The lowest BCUT2D eigenvalue weighted by molar-refractivity contribution is -0.130. The number of nitrogens with zero attached hydrogens (tertiary/aromatic N) is 1. The zero-order chi connectivity index (χ0) is 18.8. The monoisotopic (exact) mass is 380 g/mol. The minimum absolute atomic E-state index is 0.127. The maximum absolute atomic E-state index is 12.3. The molecule has 1 saturated heterocycles. The molecule has 1 aliphatic heterocycles. The molecule has 1 aromatic heterocycles. The van der Waals surface area contributed by atoms with Crippen molar-refractivity contribution in [3.8, 4) is 0 Å². The summed E-state index contributed by atoms with van der Waals surface area (Å²) in [6, 6.07) is 0. The minimum Gasteiger partial charge on any atom is -0.394 e. The summed E-state index contributed by atoms with van der Waals surface area (Å²) < 4.78 is 27.8. The Labute approximate surface area is 142 Å². The van der Waals surface area contributed by atoms with E-state index in [0.29, 0.717) is 0 Å². The second-order valence-electron chi connectivity index (χ2n) is 5.81. The van der Waals surface area contributed by atoms with Gasteiger partial charge in [0.1, 0.15) is 12.2 Å². The van der Waals surface area contributed by atoms with Crippen LogP contribution in [0.1, 0.15) is 18.4 Å². The van der Waals surface area contributed by atoms with E-state index in [-0.39, 0.29) is 25.0 Å². The van der Waals surface area contributed by atoms with Crippen LogP contribution in [0.5, 0.6) is 0 Å². The van der Waals surface area contributed by atoms with Gasteiger partial charge in [0.05, 0.1) is 13.2 Å². The molecule has 25 heavy (non-hydrogen) atoms. The van der Waals surface area contributed by atoms with Crippen LogP contribution in [0.15, 0.2) is 15.8 Å². The Hall–Kier alpha value is -1.33. The number of rotatable bonds is 7. The summed E-state index contributed by atoms with van der Waals surface area (Å²) in [5.74, 6) is 0. The third-order valence-corrected chi connectivity index (χ3v) is 4.56. The van der Waals surface area contributed by atoms with E-state index in [9.17, 15) is 19.3 Å². The van der Waals surface area contributed by atoms with Crippen LogP contribution in [0.2, 0.25) is 0 Å². The quantitative estimate of drug-likeness (QED) is 0.426. The van der Waals surface area contributed by atoms with Crippen LogP contribution in [0.4, 0.5) is 0 Å². The number of aliphatic hydroxyl groups is 1. The molecule has 0 spiro atoms. The minimum atomic E-state index is -4.84. The number of phosphoric acid groups is 1. The first kappa shape index (κ1) is 20.0. The molecule has 0 bridgehead atoms. The molecule has 0 radical (unpaired) electrons. The molecule has 2 heterocycles. The van der Waals surface area contributed by atoms with Crippen LogP contribution in [-0.4, -0.2) is 57.0 Å². The van der Waals surface area contributed by atoms with E-state index in [2.05, 4.69) is 4.98 Å². The van der Waals surface area contributed by atoms with Crippen molar-refractivity contribution in [3.63, 3.8) is 0 Å². The summed E-state index contributed by atoms with van der Waals surface area (Å²) in [5.41, 5.74) is -2.45. The fourth-order valence-corrected chi connectivity index (χ4v) is 3.42. The first-order valence-corrected chi connectivity index (χ1v) is 8.99. The Morgan fingerprint density at radius 3 is 2.72 bits per heavy atom. The summed E-state index contributed by atoms with van der Waals surface area (Å²) >= 11 is 0. The van der Waals surface area contributed by atoms with Gasteiger partial charge in [0.15, 0.2) is 5.72 Å². The van der Waals surface area contributed by atoms with E-state index in [1.54, 1.807) is 0 Å². The van der Waals surface area contributed by atoms with Crippen molar-refractivity contribution in [1.82, 2.24) is 9.55 Å². The average molecular weight is 380 g/mol. The number of nitrogens with one attached hydrogen (secondary N) is 1. The molecule has 1 fully saturated rings. The van der Waals surface area contributed by atoms with E-state index >= 15 is 0 Å². The highest BCUT2D eigenvalue weighted by molar-refractivity contribution is 7.46. The Morgan fingerprint density at radius 2 is 2.16 bits per heavy atom. The van der Waals surface area contributed by atoms with Gasteiger partial charge in [0, 0.05) is 31.7 Å². The fraction of sp³-hybridized carbons (Fsp3) is 0.692. The van der Waals surface area contributed by atoms with Gasteiger partial charge in [0.2, 0.25) is 0 Å². The summed E-state index contributed by atoms with van der Waals surface area (Å²) in [7, 11) is -3.39. The SMILES string of the molecule is COCC[C@]1(n2cc(C)c(=O)[nH]c2=O)C[C@H](OP(=O)(O)O)[C@@H](CO)O1. The number of methoxy groups -OCH3 is 1. The first-order chi connectivity index (χ1) is 11.6. The Morgan fingerprint density at radius 1 is 1.48 bits per heavy atom. The lowest BCUT2D eigenvalue weighted by Crippen LogP contribution is -2.45. The molecule has 2 rings (SSSR count). The van der Waals surface area contributed by atoms with Crippen molar-refractivity contribution >= 4 is 7.82 Å². The van der Waals surface area contributed by atoms with Crippen molar-refractivity contribution < 1.29 is 33.5 Å². The number of phosphoric ester groups is 1. The molecule has 1 aliphatic rings. The molecule has 0 aliphatic carbocycles. The van der Waals surface area contributed by atoms with Gasteiger partial charge in [0.25, 0.3) is 5.56 Å². The van der Waals surface area contributed by atoms with Gasteiger partial charge in [-0.2, -0.15) is 0 Å². The lowest BCUT2D eigenvalue weighted by Gasteiger charge is -2.31. The van der Waals surface area contributed by atoms with Crippen molar-refractivity contribution in [2.24, 2.45) is 0 Å². The second kappa shape index (κ2) is 7.50. The van der Waals surface area contributed by atoms with Crippen LogP contribution in [0, 0.1) is 6.92 Å². The first-order valence-electron chi connectivity index (χ1n) is 7.46. The number of hydrogen-bond donors (Lipinski definition) is 4. The topological polar surface area (TPSA) is 160 Å². The standard InChI is InChI=1S/C13H21N2O9P/c1-8-6-15(12(18)14-11(8)17)13(3-4-22-2)5-9(10(7-16)23-13)24-25(19,20)21/h6,9-10,16H,3-5,7H2,1-2H3,(H,14,17,18)(H2,19,20,21)/t9-,10+,13+/m0/s1. The van der Waals surface area contributed by atoms with E-state index in [0.717, 1.165) is 4.57 Å². The van der Waals surface area contributed by atoms with Crippen LogP contribution in [0.25, 0.3) is 0 Å². The highest BCUT2D eigenvalue weighted by atomic mass is 31.2. The summed E-state index contributed by atoms with van der Waals surface area (Å²) in [6.07, 6.45) is -0.916. The Balaban J connectivity index is 2.49. The Kier molecular flexibility index (Phi) is 6.00. The second-order valence-corrected chi connectivity index (χ2v) is 7.00. The molecule has 142 valence electrons. The third-order valence-electron chi connectivity index (χ3n) is 4.01. The Bertz CT molecular complexity index is 769. The summed E-state index contributed by atoms with van der Waals surface area (Å²) in [4.78, 5) is 44.1. The molecule has 11 nitrogen and oxygen atoms in total. The molecule has 0 amide bonds. The van der Waals surface area contributed by atoms with Gasteiger partial charge in [-0.15, -0.1) is 0 Å². The van der Waals surface area contributed by atoms with Crippen molar-refractivity contribution in [3.05, 3.63) is 32.6 Å². The third kappa shape index (κ3) is 4.45. The zero-order valence-electron chi connectivity index (χ0n) is 13.7. The number of aryl methyl sites for hydroxylation is 1. The van der Waals surface area contributed by atoms with E-state index in [1.165, 1.54) is 20.2 Å². The smallest absolute Gasteiger partial charge is 0.394 e. The summed E-state index contributed by atoms with van der Waals surface area (Å²) in [5, 5.41) is 9.47. The molecular formula is C13H21N2O9P. The zero-order valence-corrected chi connectivity index (χ0v) is 14.6. The largest absolute Gasteiger partial charge is 0.469 e. The molecular weight excluding hydrogens is 359 g/mol. The highest BCUT2D eigenvalue weighted by Gasteiger charge is 2.50. The van der Waals surface area contributed by atoms with Crippen LogP contribution < -0.4 is 11.2 Å². The number of H-pyrrole nitrogens is 1. The number of aromatic nitrogens is 2. The molecule has 0 saturated carbocycles.